The largest absolute Gasteiger partial charge is 0.493 e. The highest BCUT2D eigenvalue weighted by atomic mass is 19.4. The lowest BCUT2D eigenvalue weighted by Gasteiger charge is -2.18. The molecule has 144 valence electrons. The topological polar surface area (TPSA) is 39.4 Å². The Morgan fingerprint density at radius 1 is 1.19 bits per heavy atom. The maximum Gasteiger partial charge on any atom is 0.419 e. The van der Waals surface area contributed by atoms with Crippen LogP contribution in [0.15, 0.2) is 42.9 Å². The number of hydrogen-bond donors (Lipinski definition) is 0. The summed E-state index contributed by atoms with van der Waals surface area (Å²) in [5.74, 6) is 0.497. The van der Waals surface area contributed by atoms with Gasteiger partial charge in [0.2, 0.25) is 0 Å². The van der Waals surface area contributed by atoms with Crippen LogP contribution in [0.25, 0.3) is 16.8 Å². The lowest BCUT2D eigenvalue weighted by atomic mass is 10.00. The zero-order chi connectivity index (χ0) is 19.6. The van der Waals surface area contributed by atoms with Gasteiger partial charge in [-0.3, -0.25) is 0 Å². The zero-order valence-electron chi connectivity index (χ0n) is 15.5. The maximum absolute atomic E-state index is 13.6. The predicted octanol–water partition coefficient (Wildman–Crippen LogP) is 5.48. The van der Waals surface area contributed by atoms with Gasteiger partial charge in [-0.1, -0.05) is 26.8 Å². The van der Waals surface area contributed by atoms with Crippen LogP contribution in [0, 0.1) is 11.8 Å². The highest BCUT2D eigenvalue weighted by Gasteiger charge is 2.35. The molecule has 0 radical (unpaired) electrons. The Hall–Kier alpha value is -2.57. The van der Waals surface area contributed by atoms with E-state index in [1.54, 1.807) is 24.5 Å². The van der Waals surface area contributed by atoms with E-state index in [-0.39, 0.29) is 18.3 Å². The Kier molecular flexibility index (Phi) is 5.39. The number of fused-ring (bicyclic) bond motifs is 1. The van der Waals surface area contributed by atoms with Gasteiger partial charge in [-0.2, -0.15) is 18.3 Å². The van der Waals surface area contributed by atoms with Crippen molar-refractivity contribution in [2.75, 3.05) is 6.61 Å². The molecule has 0 saturated heterocycles. The average Bonchev–Trinajstić information content (AvgIpc) is 3.02. The second kappa shape index (κ2) is 7.58. The van der Waals surface area contributed by atoms with Crippen LogP contribution >= 0.6 is 0 Å². The maximum atomic E-state index is 13.6. The number of rotatable bonds is 6. The number of halogens is 3. The SMILES string of the molecule is CC(C)CC(C)COc1ccc(-c2cnn3cccnc23)cc1C(F)(F)F. The Morgan fingerprint density at radius 3 is 2.67 bits per heavy atom. The molecule has 2 heterocycles. The Morgan fingerprint density at radius 2 is 1.96 bits per heavy atom. The van der Waals surface area contributed by atoms with Gasteiger partial charge in [0.05, 0.1) is 18.4 Å². The van der Waals surface area contributed by atoms with Crippen LogP contribution in [0.1, 0.15) is 32.8 Å². The van der Waals surface area contributed by atoms with Crippen LogP contribution in [0.5, 0.6) is 5.75 Å². The second-order valence-electron chi connectivity index (χ2n) is 7.20. The molecule has 0 bridgehead atoms. The Balaban J connectivity index is 1.93. The van der Waals surface area contributed by atoms with Gasteiger partial charge in [-0.15, -0.1) is 0 Å². The first-order chi connectivity index (χ1) is 12.8. The predicted molar refractivity (Wildman–Crippen MR) is 97.5 cm³/mol. The fourth-order valence-corrected chi connectivity index (χ4v) is 3.18. The van der Waals surface area contributed by atoms with E-state index in [4.69, 9.17) is 4.74 Å². The molecule has 3 aromatic rings. The first kappa shape index (κ1) is 19.2. The van der Waals surface area contributed by atoms with Crippen LogP contribution in [0.2, 0.25) is 0 Å². The normalized spacial score (nSPS) is 13.3. The minimum Gasteiger partial charge on any atom is -0.493 e. The summed E-state index contributed by atoms with van der Waals surface area (Å²) in [6.07, 6.45) is 1.18. The molecule has 0 N–H and O–H groups in total. The van der Waals surface area contributed by atoms with Crippen molar-refractivity contribution in [1.29, 1.82) is 0 Å². The molecular weight excluding hydrogens is 355 g/mol. The molecule has 1 atom stereocenters. The summed E-state index contributed by atoms with van der Waals surface area (Å²) < 4.78 is 47.9. The molecule has 0 saturated carbocycles. The van der Waals surface area contributed by atoms with Crippen molar-refractivity contribution in [2.45, 2.75) is 33.4 Å². The van der Waals surface area contributed by atoms with Gasteiger partial charge >= 0.3 is 6.18 Å². The standard InChI is InChI=1S/C20H22F3N3O/c1-13(2)9-14(3)12-27-18-6-5-15(10-17(18)20(21,22)23)16-11-25-26-8-4-7-24-19(16)26/h4-8,10-11,13-14H,9,12H2,1-3H3. The first-order valence-corrected chi connectivity index (χ1v) is 8.88. The fraction of sp³-hybridized carbons (Fsp3) is 0.400. The highest BCUT2D eigenvalue weighted by molar-refractivity contribution is 5.77. The van der Waals surface area contributed by atoms with Gasteiger partial charge in [-0.05, 0) is 42.0 Å². The number of ether oxygens (including phenoxy) is 1. The van der Waals surface area contributed by atoms with E-state index in [1.165, 1.54) is 16.8 Å². The molecule has 0 aliphatic heterocycles. The van der Waals surface area contributed by atoms with Gasteiger partial charge in [0, 0.05) is 18.0 Å². The van der Waals surface area contributed by atoms with Crippen molar-refractivity contribution < 1.29 is 17.9 Å². The number of hydrogen-bond acceptors (Lipinski definition) is 3. The van der Waals surface area contributed by atoms with Crippen LogP contribution in [0.4, 0.5) is 13.2 Å². The summed E-state index contributed by atoms with van der Waals surface area (Å²) in [5, 5.41) is 4.14. The molecule has 2 aromatic heterocycles. The fourth-order valence-electron chi connectivity index (χ4n) is 3.18. The van der Waals surface area contributed by atoms with Gasteiger partial charge in [0.25, 0.3) is 0 Å². The lowest BCUT2D eigenvalue weighted by molar-refractivity contribution is -0.139. The van der Waals surface area contributed by atoms with Crippen molar-refractivity contribution >= 4 is 5.65 Å². The molecule has 1 unspecified atom stereocenters. The quantitative estimate of drug-likeness (QED) is 0.571. The van der Waals surface area contributed by atoms with Crippen molar-refractivity contribution in [3.8, 4) is 16.9 Å². The van der Waals surface area contributed by atoms with E-state index in [2.05, 4.69) is 23.9 Å². The molecule has 0 aliphatic carbocycles. The van der Waals surface area contributed by atoms with Crippen LogP contribution in [-0.4, -0.2) is 21.2 Å². The summed E-state index contributed by atoms with van der Waals surface area (Å²) in [7, 11) is 0. The lowest BCUT2D eigenvalue weighted by Crippen LogP contribution is -2.14. The minimum absolute atomic E-state index is 0.147. The summed E-state index contributed by atoms with van der Waals surface area (Å²) in [6.45, 7) is 6.39. The molecule has 27 heavy (non-hydrogen) atoms. The third kappa shape index (κ3) is 4.40. The summed E-state index contributed by atoms with van der Waals surface area (Å²) in [5.41, 5.74) is 0.663. The van der Waals surface area contributed by atoms with Crippen molar-refractivity contribution in [3.63, 3.8) is 0 Å². The third-order valence-electron chi connectivity index (χ3n) is 4.27. The molecule has 7 heteroatoms. The highest BCUT2D eigenvalue weighted by Crippen LogP contribution is 2.39. The van der Waals surface area contributed by atoms with Gasteiger partial charge in [0.1, 0.15) is 5.75 Å². The average molecular weight is 377 g/mol. The number of aromatic nitrogens is 3. The van der Waals surface area contributed by atoms with Crippen molar-refractivity contribution in [3.05, 3.63) is 48.4 Å². The molecule has 0 spiro atoms. The van der Waals surface area contributed by atoms with Crippen LogP contribution in [-0.2, 0) is 6.18 Å². The summed E-state index contributed by atoms with van der Waals surface area (Å²) in [4.78, 5) is 4.21. The van der Waals surface area contributed by atoms with Gasteiger partial charge in [0.15, 0.2) is 5.65 Å². The van der Waals surface area contributed by atoms with Gasteiger partial charge < -0.3 is 4.74 Å². The zero-order valence-corrected chi connectivity index (χ0v) is 15.5. The van der Waals surface area contributed by atoms with E-state index in [9.17, 15) is 13.2 Å². The van der Waals surface area contributed by atoms with Gasteiger partial charge in [-0.25, -0.2) is 9.50 Å². The molecule has 4 nitrogen and oxygen atoms in total. The minimum atomic E-state index is -4.51. The second-order valence-corrected chi connectivity index (χ2v) is 7.20. The van der Waals surface area contributed by atoms with Crippen LogP contribution in [0.3, 0.4) is 0 Å². The summed E-state index contributed by atoms with van der Waals surface area (Å²) in [6, 6.07) is 5.81. The summed E-state index contributed by atoms with van der Waals surface area (Å²) >= 11 is 0. The molecule has 1 aromatic carbocycles. The molecule has 3 rings (SSSR count). The van der Waals surface area contributed by atoms with E-state index in [0.717, 1.165) is 12.5 Å². The van der Waals surface area contributed by atoms with E-state index < -0.39 is 11.7 Å². The molecule has 0 fully saturated rings. The van der Waals surface area contributed by atoms with Crippen molar-refractivity contribution in [1.82, 2.24) is 14.6 Å². The third-order valence-corrected chi connectivity index (χ3v) is 4.27. The monoisotopic (exact) mass is 377 g/mol. The number of benzene rings is 1. The molecule has 0 aliphatic rings. The van der Waals surface area contributed by atoms with Crippen LogP contribution < -0.4 is 4.74 Å². The molecular formula is C20H22F3N3O. The Bertz CT molecular complexity index is 918. The molecule has 0 amide bonds. The number of nitrogens with zero attached hydrogens (tertiary/aromatic N) is 3. The van der Waals surface area contributed by atoms with E-state index in [0.29, 0.717) is 22.7 Å². The first-order valence-electron chi connectivity index (χ1n) is 8.88. The number of alkyl halides is 3. The smallest absolute Gasteiger partial charge is 0.419 e. The Labute approximate surface area is 156 Å². The van der Waals surface area contributed by atoms with E-state index in [1.807, 2.05) is 6.92 Å². The van der Waals surface area contributed by atoms with Crippen molar-refractivity contribution in [2.24, 2.45) is 11.8 Å². The van der Waals surface area contributed by atoms with E-state index >= 15 is 0 Å².